The number of para-hydroxylation sites is 1. The molecule has 0 bridgehead atoms. The molecule has 0 aliphatic rings. The van der Waals surface area contributed by atoms with Gasteiger partial charge in [0, 0.05) is 11.1 Å². The number of benzene rings is 3. The van der Waals surface area contributed by atoms with E-state index in [-0.39, 0.29) is 5.78 Å². The van der Waals surface area contributed by atoms with E-state index in [4.69, 9.17) is 9.47 Å². The van der Waals surface area contributed by atoms with Crippen molar-refractivity contribution in [1.29, 1.82) is 0 Å². The van der Waals surface area contributed by atoms with Gasteiger partial charge in [0.2, 0.25) is 0 Å². The van der Waals surface area contributed by atoms with Crippen LogP contribution in [0.4, 0.5) is 0 Å². The van der Waals surface area contributed by atoms with Crippen molar-refractivity contribution < 1.29 is 14.3 Å². The zero-order chi connectivity index (χ0) is 19.9. The molecular weight excluding hydrogens is 416 g/mol. The normalized spacial score (nSPS) is 10.8. The number of hydrogen-bond acceptors (Lipinski definition) is 3. The summed E-state index contributed by atoms with van der Waals surface area (Å²) in [6.07, 6.45) is 3.40. The molecule has 0 amide bonds. The zero-order valence-corrected chi connectivity index (χ0v) is 17.4. The Balaban J connectivity index is 1.75. The van der Waals surface area contributed by atoms with Gasteiger partial charge in [-0.15, -0.1) is 0 Å². The second-order valence-electron chi connectivity index (χ2n) is 6.35. The van der Waals surface area contributed by atoms with Gasteiger partial charge in [-0.2, -0.15) is 0 Å². The van der Waals surface area contributed by atoms with Gasteiger partial charge in [0.15, 0.2) is 5.78 Å². The van der Waals surface area contributed by atoms with Crippen LogP contribution < -0.4 is 9.47 Å². The lowest BCUT2D eigenvalue weighted by Crippen LogP contribution is -2.00. The van der Waals surface area contributed by atoms with Gasteiger partial charge < -0.3 is 9.47 Å². The van der Waals surface area contributed by atoms with Crippen LogP contribution in [0.5, 0.6) is 11.5 Å². The fraction of sp³-hybridized carbons (Fsp3) is 0.125. The number of aryl methyl sites for hydroxylation is 1. The van der Waals surface area contributed by atoms with Crippen molar-refractivity contribution in [2.24, 2.45) is 0 Å². The van der Waals surface area contributed by atoms with E-state index in [0.29, 0.717) is 12.2 Å². The molecule has 0 saturated carbocycles. The second kappa shape index (κ2) is 9.38. The molecule has 0 spiro atoms. The Bertz CT molecular complexity index is 991. The van der Waals surface area contributed by atoms with Crippen LogP contribution in [-0.2, 0) is 6.61 Å². The van der Waals surface area contributed by atoms with Crippen LogP contribution in [-0.4, -0.2) is 12.9 Å². The fourth-order valence-electron chi connectivity index (χ4n) is 2.72. The number of rotatable bonds is 7. The molecule has 4 heteroatoms. The van der Waals surface area contributed by atoms with Crippen molar-refractivity contribution in [1.82, 2.24) is 0 Å². The highest BCUT2D eigenvalue weighted by molar-refractivity contribution is 9.10. The molecule has 28 heavy (non-hydrogen) atoms. The average molecular weight is 437 g/mol. The van der Waals surface area contributed by atoms with Gasteiger partial charge in [-0.3, -0.25) is 4.79 Å². The summed E-state index contributed by atoms with van der Waals surface area (Å²) in [7, 11) is 1.63. The first-order valence-electron chi connectivity index (χ1n) is 8.90. The number of carbonyl (C=O) groups is 1. The third-order valence-corrected chi connectivity index (χ3v) is 4.94. The van der Waals surface area contributed by atoms with Gasteiger partial charge in [0.1, 0.15) is 18.1 Å². The first-order chi connectivity index (χ1) is 13.6. The molecule has 0 saturated heterocycles. The van der Waals surface area contributed by atoms with E-state index < -0.39 is 0 Å². The van der Waals surface area contributed by atoms with Crippen LogP contribution in [0.3, 0.4) is 0 Å². The minimum atomic E-state index is -0.0261. The molecule has 0 atom stereocenters. The lowest BCUT2D eigenvalue weighted by molar-refractivity contribution is 0.104. The van der Waals surface area contributed by atoms with Gasteiger partial charge >= 0.3 is 0 Å². The largest absolute Gasteiger partial charge is 0.496 e. The molecule has 0 radical (unpaired) electrons. The highest BCUT2D eigenvalue weighted by atomic mass is 79.9. The van der Waals surface area contributed by atoms with Crippen LogP contribution in [0.15, 0.2) is 77.3 Å². The summed E-state index contributed by atoms with van der Waals surface area (Å²) in [5.74, 6) is 1.48. The lowest BCUT2D eigenvalue weighted by Gasteiger charge is -2.12. The van der Waals surface area contributed by atoms with E-state index in [9.17, 15) is 4.79 Å². The molecule has 0 N–H and O–H groups in total. The number of allylic oxidation sites excluding steroid dienone is 1. The Morgan fingerprint density at radius 2 is 1.75 bits per heavy atom. The molecule has 0 heterocycles. The van der Waals surface area contributed by atoms with E-state index in [1.54, 1.807) is 13.2 Å². The molecule has 3 rings (SSSR count). The van der Waals surface area contributed by atoms with Gasteiger partial charge in [-0.25, -0.2) is 0 Å². The predicted octanol–water partition coefficient (Wildman–Crippen LogP) is 6.24. The summed E-state index contributed by atoms with van der Waals surface area (Å²) in [6, 6.07) is 21.0. The monoisotopic (exact) mass is 436 g/mol. The molecule has 3 aromatic carbocycles. The van der Waals surface area contributed by atoms with Crippen molar-refractivity contribution in [3.8, 4) is 11.5 Å². The van der Waals surface area contributed by atoms with Gasteiger partial charge in [0.25, 0.3) is 0 Å². The molecule has 0 aliphatic heterocycles. The zero-order valence-electron chi connectivity index (χ0n) is 15.8. The smallest absolute Gasteiger partial charge is 0.185 e. The lowest BCUT2D eigenvalue weighted by atomic mass is 10.1. The molecule has 0 fully saturated rings. The topological polar surface area (TPSA) is 35.5 Å². The second-order valence-corrected chi connectivity index (χ2v) is 7.21. The molecular formula is C24H21BrO3. The Morgan fingerprint density at radius 3 is 2.46 bits per heavy atom. The minimum Gasteiger partial charge on any atom is -0.496 e. The quantitative estimate of drug-likeness (QED) is 0.324. The maximum Gasteiger partial charge on any atom is 0.185 e. The van der Waals surface area contributed by atoms with E-state index >= 15 is 0 Å². The highest BCUT2D eigenvalue weighted by Crippen LogP contribution is 2.27. The van der Waals surface area contributed by atoms with Crippen LogP contribution in [0, 0.1) is 6.92 Å². The minimum absolute atomic E-state index is 0.0261. The fourth-order valence-corrected chi connectivity index (χ4v) is 3.12. The SMILES string of the molecule is COc1ccc(/C=C/C(=O)c2ccc(C)cc2)cc1COc1ccccc1Br. The number of halogens is 1. The van der Waals surface area contributed by atoms with E-state index in [0.717, 1.165) is 32.7 Å². The van der Waals surface area contributed by atoms with Crippen molar-refractivity contribution in [2.75, 3.05) is 7.11 Å². The number of methoxy groups -OCH3 is 1. The van der Waals surface area contributed by atoms with Crippen molar-refractivity contribution in [3.63, 3.8) is 0 Å². The standard InChI is InChI=1S/C24H21BrO3/c1-17-7-11-19(12-8-17)22(26)13-9-18-10-14-23(27-2)20(15-18)16-28-24-6-4-3-5-21(24)25/h3-15H,16H2,1-2H3/b13-9+. The first kappa shape index (κ1) is 19.9. The van der Waals surface area contributed by atoms with Crippen molar-refractivity contribution in [3.05, 3.63) is 99.5 Å². The Morgan fingerprint density at radius 1 is 1.00 bits per heavy atom. The molecule has 3 nitrogen and oxygen atoms in total. The molecule has 142 valence electrons. The predicted molar refractivity (Wildman–Crippen MR) is 116 cm³/mol. The number of ketones is 1. The van der Waals surface area contributed by atoms with E-state index in [2.05, 4.69) is 15.9 Å². The molecule has 0 aliphatic carbocycles. The number of ether oxygens (including phenoxy) is 2. The third-order valence-electron chi connectivity index (χ3n) is 4.29. The number of hydrogen-bond donors (Lipinski definition) is 0. The molecule has 0 unspecified atom stereocenters. The first-order valence-corrected chi connectivity index (χ1v) is 9.69. The number of carbonyl (C=O) groups excluding carboxylic acids is 1. The van der Waals surface area contributed by atoms with Crippen LogP contribution >= 0.6 is 15.9 Å². The summed E-state index contributed by atoms with van der Waals surface area (Å²) in [4.78, 5) is 12.3. The van der Waals surface area contributed by atoms with Crippen molar-refractivity contribution >= 4 is 27.8 Å². The van der Waals surface area contributed by atoms with E-state index in [1.807, 2.05) is 79.7 Å². The molecule has 3 aromatic rings. The Kier molecular flexibility index (Phi) is 6.66. The summed E-state index contributed by atoms with van der Waals surface area (Å²) in [6.45, 7) is 2.36. The maximum atomic E-state index is 12.3. The summed E-state index contributed by atoms with van der Waals surface area (Å²) < 4.78 is 12.2. The maximum absolute atomic E-state index is 12.3. The van der Waals surface area contributed by atoms with Crippen molar-refractivity contribution in [2.45, 2.75) is 13.5 Å². The average Bonchev–Trinajstić information content (AvgIpc) is 2.72. The van der Waals surface area contributed by atoms with E-state index in [1.165, 1.54) is 0 Å². The summed E-state index contributed by atoms with van der Waals surface area (Å²) in [5, 5.41) is 0. The Labute approximate surface area is 173 Å². The van der Waals surface area contributed by atoms with Crippen LogP contribution in [0.25, 0.3) is 6.08 Å². The van der Waals surface area contributed by atoms with Gasteiger partial charge in [-0.05, 0) is 58.8 Å². The van der Waals surface area contributed by atoms with Crippen LogP contribution in [0.2, 0.25) is 0 Å². The highest BCUT2D eigenvalue weighted by Gasteiger charge is 2.07. The van der Waals surface area contributed by atoms with Crippen LogP contribution in [0.1, 0.15) is 27.0 Å². The summed E-state index contributed by atoms with van der Waals surface area (Å²) in [5.41, 5.74) is 3.62. The van der Waals surface area contributed by atoms with Gasteiger partial charge in [0.05, 0.1) is 11.6 Å². The molecule has 0 aromatic heterocycles. The summed E-state index contributed by atoms with van der Waals surface area (Å²) >= 11 is 3.48. The Hall–Kier alpha value is -2.85. The third kappa shape index (κ3) is 5.11. The van der Waals surface area contributed by atoms with Gasteiger partial charge in [-0.1, -0.05) is 54.1 Å².